The van der Waals surface area contributed by atoms with E-state index in [4.69, 9.17) is 63.1 Å². The molecule has 1 aromatic heterocycles. The minimum absolute atomic E-state index is 0.0267. The van der Waals surface area contributed by atoms with Crippen molar-refractivity contribution in [1.29, 1.82) is 0 Å². The number of pyridine rings is 1. The molecule has 1 heterocycles. The largest absolute Gasteiger partial charge is 0.481 e. The van der Waals surface area contributed by atoms with Crippen molar-refractivity contribution in [2.24, 2.45) is 0 Å². The molecular formula is C13H5Cl5FNO2. The molecular weight excluding hydrogens is 398 g/mol. The number of aliphatic carboxylic acids is 1. The van der Waals surface area contributed by atoms with Gasteiger partial charge in [-0.3, -0.25) is 4.79 Å². The van der Waals surface area contributed by atoms with Gasteiger partial charge in [0.15, 0.2) is 0 Å². The van der Waals surface area contributed by atoms with Crippen LogP contribution in [-0.4, -0.2) is 16.1 Å². The lowest BCUT2D eigenvalue weighted by Crippen LogP contribution is -2.06. The molecule has 0 bridgehead atoms. The van der Waals surface area contributed by atoms with E-state index in [0.717, 1.165) is 6.07 Å². The lowest BCUT2D eigenvalue weighted by Gasteiger charge is -2.14. The number of carboxylic acid groups (broad SMARTS) is 1. The number of halogens is 6. The van der Waals surface area contributed by atoms with Gasteiger partial charge in [-0.05, 0) is 12.1 Å². The van der Waals surface area contributed by atoms with Gasteiger partial charge in [-0.2, -0.15) is 4.39 Å². The van der Waals surface area contributed by atoms with Crippen molar-refractivity contribution in [2.45, 2.75) is 6.42 Å². The molecule has 0 aliphatic carbocycles. The molecule has 116 valence electrons. The first kappa shape index (κ1) is 17.6. The van der Waals surface area contributed by atoms with Crippen LogP contribution in [0.4, 0.5) is 4.39 Å². The molecule has 2 rings (SSSR count). The second kappa shape index (κ2) is 6.77. The van der Waals surface area contributed by atoms with Gasteiger partial charge in [0.2, 0.25) is 5.95 Å². The van der Waals surface area contributed by atoms with Crippen LogP contribution < -0.4 is 0 Å². The van der Waals surface area contributed by atoms with Crippen LogP contribution in [0.15, 0.2) is 12.1 Å². The fraction of sp³-hybridized carbons (Fsp3) is 0.0769. The summed E-state index contributed by atoms with van der Waals surface area (Å²) in [6, 6.07) is 2.35. The summed E-state index contributed by atoms with van der Waals surface area (Å²) in [4.78, 5) is 14.5. The van der Waals surface area contributed by atoms with E-state index >= 15 is 0 Å². The summed E-state index contributed by atoms with van der Waals surface area (Å²) in [6.07, 6.45) is -0.530. The summed E-state index contributed by atoms with van der Waals surface area (Å²) in [7, 11) is 0. The van der Waals surface area contributed by atoms with Crippen molar-refractivity contribution in [3.8, 4) is 11.1 Å². The molecule has 0 atom stereocenters. The third-order valence-electron chi connectivity index (χ3n) is 2.74. The molecule has 0 saturated heterocycles. The van der Waals surface area contributed by atoms with Crippen LogP contribution in [0.3, 0.4) is 0 Å². The zero-order valence-electron chi connectivity index (χ0n) is 10.4. The second-order valence-electron chi connectivity index (χ2n) is 4.14. The summed E-state index contributed by atoms with van der Waals surface area (Å²) in [5.74, 6) is -2.03. The van der Waals surface area contributed by atoms with E-state index in [1.165, 1.54) is 6.07 Å². The van der Waals surface area contributed by atoms with Crippen molar-refractivity contribution >= 4 is 64.0 Å². The van der Waals surface area contributed by atoms with Crippen LogP contribution in [0.2, 0.25) is 25.1 Å². The van der Waals surface area contributed by atoms with Crippen molar-refractivity contribution in [3.05, 3.63) is 48.9 Å². The molecule has 0 aliphatic rings. The topological polar surface area (TPSA) is 50.2 Å². The van der Waals surface area contributed by atoms with Crippen molar-refractivity contribution in [3.63, 3.8) is 0 Å². The quantitative estimate of drug-likeness (QED) is 0.401. The predicted octanol–water partition coefficient (Wildman–Crippen LogP) is 5.78. The Balaban J connectivity index is 2.80. The van der Waals surface area contributed by atoms with Crippen molar-refractivity contribution < 1.29 is 14.3 Å². The lowest BCUT2D eigenvalue weighted by molar-refractivity contribution is -0.136. The average Bonchev–Trinajstić information content (AvgIpc) is 2.45. The highest BCUT2D eigenvalue weighted by Gasteiger charge is 2.23. The van der Waals surface area contributed by atoms with Gasteiger partial charge < -0.3 is 5.11 Å². The summed E-state index contributed by atoms with van der Waals surface area (Å²) in [5.41, 5.74) is 0.288. The Labute approximate surface area is 149 Å². The first-order valence-electron chi connectivity index (χ1n) is 5.63. The van der Waals surface area contributed by atoms with Gasteiger partial charge in [-0.15, -0.1) is 0 Å². The summed E-state index contributed by atoms with van der Waals surface area (Å²) in [6.45, 7) is 0. The summed E-state index contributed by atoms with van der Waals surface area (Å²) >= 11 is 30.1. The van der Waals surface area contributed by atoms with E-state index in [1.54, 1.807) is 0 Å². The highest BCUT2D eigenvalue weighted by atomic mass is 35.5. The normalized spacial score (nSPS) is 10.8. The molecule has 0 spiro atoms. The van der Waals surface area contributed by atoms with Crippen molar-refractivity contribution in [2.75, 3.05) is 0 Å². The van der Waals surface area contributed by atoms with Crippen LogP contribution in [0.5, 0.6) is 0 Å². The Morgan fingerprint density at radius 2 is 1.50 bits per heavy atom. The molecule has 0 unspecified atom stereocenters. The Morgan fingerprint density at radius 3 is 2.00 bits per heavy atom. The number of aromatic nitrogens is 1. The lowest BCUT2D eigenvalue weighted by atomic mass is 10.0. The first-order chi connectivity index (χ1) is 10.2. The fourth-order valence-electron chi connectivity index (χ4n) is 1.82. The Kier molecular flexibility index (Phi) is 5.41. The molecule has 3 nitrogen and oxygen atoms in total. The van der Waals surface area contributed by atoms with Crippen LogP contribution in [0.1, 0.15) is 5.69 Å². The Hall–Kier alpha value is -0.780. The molecule has 0 fully saturated rings. The predicted molar refractivity (Wildman–Crippen MR) is 86.0 cm³/mol. The van der Waals surface area contributed by atoms with Crippen LogP contribution in [0, 0.1) is 5.95 Å². The van der Waals surface area contributed by atoms with E-state index in [9.17, 15) is 9.18 Å². The standard InChI is InChI=1S/C13H5Cl5FNO2/c14-9-8(10(15)12(17)13(18)11(9)16)4-1-2-6(19)20-5(4)3-7(21)22/h1-2H,3H2,(H,21,22). The maximum absolute atomic E-state index is 13.3. The molecule has 0 amide bonds. The van der Waals surface area contributed by atoms with E-state index in [1.807, 2.05) is 0 Å². The number of benzene rings is 1. The zero-order chi connectivity index (χ0) is 16.6. The molecule has 1 N–H and O–H groups in total. The van der Waals surface area contributed by atoms with Gasteiger partial charge in [0.05, 0.1) is 37.2 Å². The van der Waals surface area contributed by atoms with E-state index in [2.05, 4.69) is 4.98 Å². The van der Waals surface area contributed by atoms with Gasteiger partial charge in [0, 0.05) is 11.1 Å². The molecule has 0 radical (unpaired) electrons. The maximum atomic E-state index is 13.3. The van der Waals surface area contributed by atoms with Crippen LogP contribution in [0.25, 0.3) is 11.1 Å². The zero-order valence-corrected chi connectivity index (χ0v) is 14.2. The Morgan fingerprint density at radius 1 is 1.00 bits per heavy atom. The maximum Gasteiger partial charge on any atom is 0.309 e. The van der Waals surface area contributed by atoms with Gasteiger partial charge in [0.25, 0.3) is 0 Å². The van der Waals surface area contributed by atoms with Gasteiger partial charge in [-0.25, -0.2) is 4.98 Å². The molecule has 0 aliphatic heterocycles. The highest BCUT2D eigenvalue weighted by Crippen LogP contribution is 2.48. The first-order valence-corrected chi connectivity index (χ1v) is 7.52. The average molecular weight is 403 g/mol. The summed E-state index contributed by atoms with van der Waals surface area (Å²) in [5, 5.41) is 8.75. The fourth-order valence-corrected chi connectivity index (χ4v) is 3.16. The smallest absolute Gasteiger partial charge is 0.309 e. The minimum atomic E-state index is -1.20. The van der Waals surface area contributed by atoms with E-state index in [-0.39, 0.29) is 41.9 Å². The third kappa shape index (κ3) is 3.26. The molecule has 22 heavy (non-hydrogen) atoms. The van der Waals surface area contributed by atoms with Gasteiger partial charge >= 0.3 is 5.97 Å². The number of carbonyl (C=O) groups is 1. The van der Waals surface area contributed by atoms with Crippen LogP contribution >= 0.6 is 58.0 Å². The molecule has 2 aromatic rings. The van der Waals surface area contributed by atoms with Crippen molar-refractivity contribution in [1.82, 2.24) is 4.98 Å². The molecule has 0 saturated carbocycles. The minimum Gasteiger partial charge on any atom is -0.481 e. The third-order valence-corrected chi connectivity index (χ3v) is 5.01. The van der Waals surface area contributed by atoms with E-state index < -0.39 is 18.3 Å². The van der Waals surface area contributed by atoms with Gasteiger partial charge in [0.1, 0.15) is 0 Å². The highest BCUT2D eigenvalue weighted by molar-refractivity contribution is 6.56. The number of hydrogen-bond donors (Lipinski definition) is 1. The molecule has 1 aromatic carbocycles. The number of carboxylic acids is 1. The second-order valence-corrected chi connectivity index (χ2v) is 6.03. The van der Waals surface area contributed by atoms with E-state index in [0.29, 0.717) is 0 Å². The SMILES string of the molecule is O=C(O)Cc1nc(F)ccc1-c1c(Cl)c(Cl)c(Cl)c(Cl)c1Cl. The van der Waals surface area contributed by atoms with Crippen LogP contribution in [-0.2, 0) is 11.2 Å². The monoisotopic (exact) mass is 401 g/mol. The Bertz CT molecular complexity index is 753. The molecule has 9 heteroatoms. The number of nitrogens with zero attached hydrogens (tertiary/aromatic N) is 1. The number of rotatable bonds is 3. The van der Waals surface area contributed by atoms with Gasteiger partial charge in [-0.1, -0.05) is 58.0 Å². The summed E-state index contributed by atoms with van der Waals surface area (Å²) < 4.78 is 13.3. The number of hydrogen-bond acceptors (Lipinski definition) is 2.